The SMILES string of the molecule is C=CC(C)=O.CC(C)c1ccc(Br)cc1.COCCn1ccc(C)n1. The Morgan fingerprint density at radius 2 is 1.88 bits per heavy atom. The minimum Gasteiger partial charge on any atom is -0.383 e. The van der Waals surface area contributed by atoms with Crippen molar-refractivity contribution in [1.29, 1.82) is 0 Å². The van der Waals surface area contributed by atoms with Gasteiger partial charge < -0.3 is 4.74 Å². The molecule has 0 bridgehead atoms. The number of methoxy groups -OCH3 is 1. The minimum absolute atomic E-state index is 0.0185. The van der Waals surface area contributed by atoms with Gasteiger partial charge in [-0.2, -0.15) is 5.10 Å². The second-order valence-electron chi connectivity index (χ2n) is 5.73. The fourth-order valence-electron chi connectivity index (χ4n) is 1.62. The Bertz CT molecular complexity index is 619. The van der Waals surface area contributed by atoms with Crippen LogP contribution in [0.25, 0.3) is 0 Å². The highest BCUT2D eigenvalue weighted by Gasteiger charge is 1.96. The van der Waals surface area contributed by atoms with E-state index in [2.05, 4.69) is 65.7 Å². The first kappa shape index (κ1) is 23.3. The predicted molar refractivity (Wildman–Crippen MR) is 108 cm³/mol. The van der Waals surface area contributed by atoms with E-state index in [1.54, 1.807) is 7.11 Å². The predicted octanol–water partition coefficient (Wildman–Crippen LogP) is 5.17. The summed E-state index contributed by atoms with van der Waals surface area (Å²) in [6.07, 6.45) is 3.23. The molecule has 0 unspecified atom stereocenters. The second-order valence-corrected chi connectivity index (χ2v) is 6.65. The highest BCUT2D eigenvalue weighted by molar-refractivity contribution is 9.10. The highest BCUT2D eigenvalue weighted by Crippen LogP contribution is 2.17. The number of rotatable bonds is 5. The Morgan fingerprint density at radius 3 is 2.24 bits per heavy atom. The lowest BCUT2D eigenvalue weighted by molar-refractivity contribution is -0.112. The van der Waals surface area contributed by atoms with Crippen molar-refractivity contribution in [1.82, 2.24) is 9.78 Å². The first-order chi connectivity index (χ1) is 11.8. The summed E-state index contributed by atoms with van der Waals surface area (Å²) in [6, 6.07) is 10.4. The lowest BCUT2D eigenvalue weighted by Gasteiger charge is -2.03. The van der Waals surface area contributed by atoms with Crippen LogP contribution in [0.1, 0.15) is 37.9 Å². The summed E-state index contributed by atoms with van der Waals surface area (Å²) in [4.78, 5) is 9.69. The van der Waals surface area contributed by atoms with Gasteiger partial charge in [-0.15, -0.1) is 0 Å². The third kappa shape index (κ3) is 12.3. The van der Waals surface area contributed by atoms with Crippen molar-refractivity contribution in [2.75, 3.05) is 13.7 Å². The smallest absolute Gasteiger partial charge is 0.152 e. The molecule has 5 heteroatoms. The Labute approximate surface area is 160 Å². The van der Waals surface area contributed by atoms with E-state index in [0.29, 0.717) is 5.92 Å². The van der Waals surface area contributed by atoms with Crippen molar-refractivity contribution in [3.8, 4) is 0 Å². The van der Waals surface area contributed by atoms with Gasteiger partial charge in [0.15, 0.2) is 5.78 Å². The van der Waals surface area contributed by atoms with Crippen LogP contribution in [-0.4, -0.2) is 29.3 Å². The maximum Gasteiger partial charge on any atom is 0.152 e. The maximum absolute atomic E-state index is 9.69. The first-order valence-corrected chi connectivity index (χ1v) is 8.96. The van der Waals surface area contributed by atoms with Crippen molar-refractivity contribution < 1.29 is 9.53 Å². The summed E-state index contributed by atoms with van der Waals surface area (Å²) in [7, 11) is 1.69. The number of ketones is 1. The van der Waals surface area contributed by atoms with Crippen molar-refractivity contribution in [2.45, 2.75) is 40.2 Å². The average molecular weight is 409 g/mol. The number of carbonyl (C=O) groups excluding carboxylic acids is 1. The van der Waals surface area contributed by atoms with Crippen LogP contribution < -0.4 is 0 Å². The summed E-state index contributed by atoms with van der Waals surface area (Å²) in [5, 5.41) is 4.18. The molecule has 0 spiro atoms. The lowest BCUT2D eigenvalue weighted by Crippen LogP contribution is -2.04. The summed E-state index contributed by atoms with van der Waals surface area (Å²) < 4.78 is 7.92. The van der Waals surface area contributed by atoms with E-state index >= 15 is 0 Å². The molecule has 2 rings (SSSR count). The van der Waals surface area contributed by atoms with E-state index in [1.807, 2.05) is 23.9 Å². The molecule has 0 saturated heterocycles. The number of halogens is 1. The van der Waals surface area contributed by atoms with Crippen LogP contribution in [0, 0.1) is 6.92 Å². The molecule has 0 aliphatic carbocycles. The second kappa shape index (κ2) is 13.6. The molecule has 1 heterocycles. The maximum atomic E-state index is 9.69. The number of hydrogen-bond acceptors (Lipinski definition) is 3. The zero-order chi connectivity index (χ0) is 19.2. The number of aromatic nitrogens is 2. The number of ether oxygens (including phenoxy) is 1. The van der Waals surface area contributed by atoms with Crippen LogP contribution in [0.2, 0.25) is 0 Å². The normalized spacial score (nSPS) is 9.56. The van der Waals surface area contributed by atoms with Gasteiger partial charge in [0.2, 0.25) is 0 Å². The minimum atomic E-state index is 0.0185. The molecule has 25 heavy (non-hydrogen) atoms. The molecule has 0 atom stereocenters. The topological polar surface area (TPSA) is 44.1 Å². The van der Waals surface area contributed by atoms with E-state index in [4.69, 9.17) is 4.74 Å². The molecular formula is C20H29BrN2O2. The number of aryl methyl sites for hydroxylation is 1. The zero-order valence-electron chi connectivity index (χ0n) is 15.8. The van der Waals surface area contributed by atoms with Crippen LogP contribution in [-0.2, 0) is 16.1 Å². The number of allylic oxidation sites excluding steroid dienone is 1. The summed E-state index contributed by atoms with van der Waals surface area (Å²) in [6.45, 7) is 12.6. The fraction of sp³-hybridized carbons (Fsp3) is 0.400. The number of carbonyl (C=O) groups is 1. The number of nitrogens with zero attached hydrogens (tertiary/aromatic N) is 2. The van der Waals surface area contributed by atoms with Crippen LogP contribution >= 0.6 is 15.9 Å². The molecule has 0 amide bonds. The van der Waals surface area contributed by atoms with Gasteiger partial charge in [-0.3, -0.25) is 9.48 Å². The van der Waals surface area contributed by atoms with E-state index in [1.165, 1.54) is 18.6 Å². The van der Waals surface area contributed by atoms with E-state index < -0.39 is 0 Å². The van der Waals surface area contributed by atoms with Crippen LogP contribution in [0.4, 0.5) is 0 Å². The fourth-order valence-corrected chi connectivity index (χ4v) is 1.88. The van der Waals surface area contributed by atoms with Gasteiger partial charge in [0.05, 0.1) is 18.8 Å². The van der Waals surface area contributed by atoms with Crippen molar-refractivity contribution in [3.63, 3.8) is 0 Å². The molecule has 0 aliphatic heterocycles. The van der Waals surface area contributed by atoms with Crippen LogP contribution in [0.5, 0.6) is 0 Å². The van der Waals surface area contributed by atoms with Gasteiger partial charge in [0.1, 0.15) is 0 Å². The Kier molecular flexibility index (Phi) is 12.6. The lowest BCUT2D eigenvalue weighted by atomic mass is 10.0. The van der Waals surface area contributed by atoms with Gasteiger partial charge in [0, 0.05) is 17.8 Å². The summed E-state index contributed by atoms with van der Waals surface area (Å²) in [5.74, 6) is 0.651. The van der Waals surface area contributed by atoms with Crippen molar-refractivity contribution in [3.05, 3.63) is 64.9 Å². The standard InChI is InChI=1S/C9H11Br.C7H12N2O.C4H6O/c1-7(2)8-3-5-9(10)6-4-8;1-7-3-4-9(8-7)5-6-10-2;1-3-4(2)5/h3-7H,1-2H3;3-4H,5-6H2,1-2H3;3H,1H2,2H3. The molecule has 2 aromatic rings. The number of hydrogen-bond donors (Lipinski definition) is 0. The molecule has 1 aromatic carbocycles. The van der Waals surface area contributed by atoms with Crippen LogP contribution in [0.3, 0.4) is 0 Å². The largest absolute Gasteiger partial charge is 0.383 e. The van der Waals surface area contributed by atoms with Gasteiger partial charge in [-0.25, -0.2) is 0 Å². The van der Waals surface area contributed by atoms with Gasteiger partial charge in [0.25, 0.3) is 0 Å². The number of benzene rings is 1. The van der Waals surface area contributed by atoms with Gasteiger partial charge >= 0.3 is 0 Å². The molecule has 0 N–H and O–H groups in total. The third-order valence-corrected chi connectivity index (χ3v) is 3.65. The summed E-state index contributed by atoms with van der Waals surface area (Å²) in [5.41, 5.74) is 2.44. The zero-order valence-corrected chi connectivity index (χ0v) is 17.4. The van der Waals surface area contributed by atoms with E-state index in [-0.39, 0.29) is 5.78 Å². The molecule has 4 nitrogen and oxygen atoms in total. The molecule has 1 aromatic heterocycles. The Hall–Kier alpha value is -1.72. The Morgan fingerprint density at radius 1 is 1.32 bits per heavy atom. The summed E-state index contributed by atoms with van der Waals surface area (Å²) >= 11 is 3.39. The van der Waals surface area contributed by atoms with Crippen molar-refractivity contribution >= 4 is 21.7 Å². The molecule has 0 saturated carbocycles. The first-order valence-electron chi connectivity index (χ1n) is 8.17. The van der Waals surface area contributed by atoms with E-state index in [0.717, 1.165) is 23.3 Å². The third-order valence-electron chi connectivity index (χ3n) is 3.12. The van der Waals surface area contributed by atoms with Gasteiger partial charge in [-0.05, 0) is 49.6 Å². The molecule has 0 aliphatic rings. The average Bonchev–Trinajstić information content (AvgIpc) is 3.00. The molecule has 138 valence electrons. The molecule has 0 fully saturated rings. The Balaban J connectivity index is 0.000000368. The quantitative estimate of drug-likeness (QED) is 0.640. The van der Waals surface area contributed by atoms with Crippen LogP contribution in [0.15, 0.2) is 53.7 Å². The van der Waals surface area contributed by atoms with E-state index in [9.17, 15) is 4.79 Å². The van der Waals surface area contributed by atoms with Crippen molar-refractivity contribution in [2.24, 2.45) is 0 Å². The highest BCUT2D eigenvalue weighted by atomic mass is 79.9. The molecule has 0 radical (unpaired) electrons. The van der Waals surface area contributed by atoms with Gasteiger partial charge in [-0.1, -0.05) is 48.5 Å². The molecular weight excluding hydrogens is 380 g/mol. The monoisotopic (exact) mass is 408 g/mol.